The molecule has 0 aromatic carbocycles. The number of rotatable bonds is 22. The number of carbonyl (C=O) groups excluding carboxylic acids is 1. The fourth-order valence-electron chi connectivity index (χ4n) is 2.63. The van der Waals surface area contributed by atoms with Crippen molar-refractivity contribution in [2.24, 2.45) is 0 Å². The maximum Gasteiger partial charge on any atom is 0.321 e. The highest BCUT2D eigenvalue weighted by molar-refractivity contribution is 5.75. The molecule has 0 saturated heterocycles. The first kappa shape index (κ1) is 28.5. The topological polar surface area (TPSA) is 144 Å². The highest BCUT2D eigenvalue weighted by atomic mass is 16.6. The van der Waals surface area contributed by atoms with Gasteiger partial charge in [-0.2, -0.15) is 0 Å². The van der Waals surface area contributed by atoms with E-state index in [1.54, 1.807) is 6.20 Å². The Balaban J connectivity index is 1.81. The van der Waals surface area contributed by atoms with E-state index in [0.717, 1.165) is 5.69 Å². The Morgan fingerprint density at radius 1 is 1.03 bits per heavy atom. The Kier molecular flexibility index (Phi) is 17.4. The van der Waals surface area contributed by atoms with E-state index in [2.05, 4.69) is 26.5 Å². The van der Waals surface area contributed by atoms with Gasteiger partial charge in [-0.1, -0.05) is 0 Å². The van der Waals surface area contributed by atoms with Gasteiger partial charge in [0.2, 0.25) is 5.91 Å². The number of carboxylic acid groups (broad SMARTS) is 1. The smallest absolute Gasteiger partial charge is 0.321 e. The number of carbonyl (C=O) groups is 2. The second-order valence-electron chi connectivity index (χ2n) is 6.98. The van der Waals surface area contributed by atoms with Gasteiger partial charge in [0.05, 0.1) is 59.2 Å². The van der Waals surface area contributed by atoms with E-state index in [0.29, 0.717) is 91.6 Å². The Morgan fingerprint density at radius 2 is 1.64 bits per heavy atom. The highest BCUT2D eigenvalue weighted by Gasteiger charge is 2.17. The van der Waals surface area contributed by atoms with Crippen LogP contribution in [0.15, 0.2) is 12.5 Å². The number of unbranched alkanes of at least 4 members (excludes halogenated alkanes) is 1. The predicted octanol–water partition coefficient (Wildman–Crippen LogP) is -0.0189. The zero-order valence-electron chi connectivity index (χ0n) is 19.1. The number of nitrogens with zero attached hydrogens (tertiary/aromatic N) is 1. The maximum absolute atomic E-state index is 11.4. The summed E-state index contributed by atoms with van der Waals surface area (Å²) in [7, 11) is 0. The molecule has 0 saturated carbocycles. The van der Waals surface area contributed by atoms with Crippen molar-refractivity contribution in [2.75, 3.05) is 65.9 Å². The van der Waals surface area contributed by atoms with Crippen LogP contribution in [0, 0.1) is 12.3 Å². The van der Waals surface area contributed by atoms with E-state index in [4.69, 9.17) is 25.4 Å². The van der Waals surface area contributed by atoms with Crippen molar-refractivity contribution in [2.45, 2.75) is 31.7 Å². The van der Waals surface area contributed by atoms with Crippen molar-refractivity contribution < 1.29 is 33.6 Å². The first-order valence-electron chi connectivity index (χ1n) is 11.1. The molecule has 11 nitrogen and oxygen atoms in total. The normalized spacial score (nSPS) is 11.7. The molecule has 186 valence electrons. The van der Waals surface area contributed by atoms with Crippen LogP contribution in [-0.4, -0.2) is 98.9 Å². The molecular formula is C22H36N4O7. The van der Waals surface area contributed by atoms with E-state index < -0.39 is 12.0 Å². The number of aromatic nitrogens is 2. The number of carboxylic acids is 1. The Bertz CT molecular complexity index is 664. The van der Waals surface area contributed by atoms with Crippen LogP contribution in [0.25, 0.3) is 0 Å². The molecule has 0 radical (unpaired) electrons. The number of amides is 1. The molecule has 11 heteroatoms. The van der Waals surface area contributed by atoms with Crippen LogP contribution in [0.3, 0.4) is 0 Å². The minimum Gasteiger partial charge on any atom is -0.480 e. The van der Waals surface area contributed by atoms with Crippen LogP contribution in [-0.2, 0) is 35.0 Å². The third kappa shape index (κ3) is 16.8. The summed E-state index contributed by atoms with van der Waals surface area (Å²) in [6.45, 7) is 4.34. The fraction of sp³-hybridized carbons (Fsp3) is 0.682. The Morgan fingerprint density at radius 3 is 2.18 bits per heavy atom. The molecule has 0 aliphatic heterocycles. The molecule has 33 heavy (non-hydrogen) atoms. The summed E-state index contributed by atoms with van der Waals surface area (Å²) in [4.78, 5) is 29.5. The van der Waals surface area contributed by atoms with Gasteiger partial charge in [0.1, 0.15) is 6.04 Å². The van der Waals surface area contributed by atoms with Crippen LogP contribution >= 0.6 is 0 Å². The van der Waals surface area contributed by atoms with Crippen LogP contribution in [0.4, 0.5) is 0 Å². The van der Waals surface area contributed by atoms with E-state index in [-0.39, 0.29) is 5.91 Å². The molecule has 0 fully saturated rings. The summed E-state index contributed by atoms with van der Waals surface area (Å²) < 4.78 is 21.6. The number of nitrogens with one attached hydrogen (secondary N) is 3. The standard InChI is InChI=1S/C22H36N4O7/c1-2-3-4-5-21(27)25-7-9-31-11-13-33-15-14-32-12-10-30-8-6-24-20(22(28)29)16-19-17-23-18-26-19/h1,17-18,20,24H,3-16H2,(H,23,26)(H,25,27)(H,28,29). The van der Waals surface area contributed by atoms with Crippen molar-refractivity contribution in [3.8, 4) is 12.3 Å². The van der Waals surface area contributed by atoms with Crippen molar-refractivity contribution in [3.63, 3.8) is 0 Å². The summed E-state index contributed by atoms with van der Waals surface area (Å²) in [5, 5.41) is 15.0. The molecule has 1 rings (SSSR count). The van der Waals surface area contributed by atoms with Crippen molar-refractivity contribution in [1.29, 1.82) is 0 Å². The van der Waals surface area contributed by atoms with E-state index >= 15 is 0 Å². The lowest BCUT2D eigenvalue weighted by Crippen LogP contribution is -2.40. The number of imidazole rings is 1. The van der Waals surface area contributed by atoms with Gasteiger partial charge in [-0.3, -0.25) is 9.59 Å². The maximum atomic E-state index is 11.4. The SMILES string of the molecule is C#CCCCC(=O)NCCOCCOCCOCCOCCNC(Cc1cnc[nH]1)C(=O)O. The van der Waals surface area contributed by atoms with Crippen LogP contribution < -0.4 is 10.6 Å². The minimum atomic E-state index is -0.919. The predicted molar refractivity (Wildman–Crippen MR) is 121 cm³/mol. The van der Waals surface area contributed by atoms with Crippen molar-refractivity contribution in [1.82, 2.24) is 20.6 Å². The third-order valence-electron chi connectivity index (χ3n) is 4.32. The molecule has 1 heterocycles. The molecule has 0 aliphatic carbocycles. The first-order chi connectivity index (χ1) is 16.1. The van der Waals surface area contributed by atoms with Gasteiger partial charge in [-0.05, 0) is 6.42 Å². The molecule has 4 N–H and O–H groups in total. The van der Waals surface area contributed by atoms with Gasteiger partial charge in [0.25, 0.3) is 0 Å². The van der Waals surface area contributed by atoms with Gasteiger partial charge in [-0.25, -0.2) is 4.98 Å². The third-order valence-corrected chi connectivity index (χ3v) is 4.32. The monoisotopic (exact) mass is 468 g/mol. The van der Waals surface area contributed by atoms with E-state index in [9.17, 15) is 14.7 Å². The quantitative estimate of drug-likeness (QED) is 0.136. The molecule has 1 amide bonds. The minimum absolute atomic E-state index is 0.0165. The summed E-state index contributed by atoms with van der Waals surface area (Å²) >= 11 is 0. The van der Waals surface area contributed by atoms with E-state index in [1.165, 1.54) is 6.33 Å². The van der Waals surface area contributed by atoms with Crippen molar-refractivity contribution in [3.05, 3.63) is 18.2 Å². The summed E-state index contributed by atoms with van der Waals surface area (Å²) in [5.41, 5.74) is 0.759. The van der Waals surface area contributed by atoms with Gasteiger partial charge in [-0.15, -0.1) is 12.3 Å². The lowest BCUT2D eigenvalue weighted by Gasteiger charge is -2.13. The summed E-state index contributed by atoms with van der Waals surface area (Å²) in [6.07, 6.45) is 10.3. The van der Waals surface area contributed by atoms with Crippen LogP contribution in [0.2, 0.25) is 0 Å². The van der Waals surface area contributed by atoms with Gasteiger partial charge in [0, 0.05) is 44.2 Å². The number of terminal acetylenes is 1. The number of hydrogen-bond acceptors (Lipinski definition) is 8. The largest absolute Gasteiger partial charge is 0.480 e. The zero-order valence-corrected chi connectivity index (χ0v) is 19.1. The highest BCUT2D eigenvalue weighted by Crippen LogP contribution is 1.98. The first-order valence-corrected chi connectivity index (χ1v) is 11.1. The summed E-state index contributed by atoms with van der Waals surface area (Å²) in [5.74, 6) is 1.57. The molecule has 1 atom stereocenters. The Labute approximate surface area is 194 Å². The van der Waals surface area contributed by atoms with Gasteiger partial charge < -0.3 is 39.7 Å². The average Bonchev–Trinajstić information content (AvgIpc) is 3.31. The molecular weight excluding hydrogens is 432 g/mol. The number of hydrogen-bond donors (Lipinski definition) is 4. The molecule has 0 bridgehead atoms. The number of H-pyrrole nitrogens is 1. The second-order valence-corrected chi connectivity index (χ2v) is 6.98. The molecule has 0 spiro atoms. The fourth-order valence-corrected chi connectivity index (χ4v) is 2.63. The lowest BCUT2D eigenvalue weighted by atomic mass is 10.1. The molecule has 1 unspecified atom stereocenters. The van der Waals surface area contributed by atoms with E-state index in [1.807, 2.05) is 0 Å². The van der Waals surface area contributed by atoms with Gasteiger partial charge >= 0.3 is 5.97 Å². The summed E-state index contributed by atoms with van der Waals surface area (Å²) in [6, 6.07) is -0.700. The second kappa shape index (κ2) is 20.1. The van der Waals surface area contributed by atoms with Gasteiger partial charge in [0.15, 0.2) is 0 Å². The Hall–Kier alpha value is -2.49. The lowest BCUT2D eigenvalue weighted by molar-refractivity contribution is -0.139. The number of aliphatic carboxylic acids is 1. The molecule has 1 aromatic rings. The molecule has 1 aromatic heterocycles. The van der Waals surface area contributed by atoms with Crippen LogP contribution in [0.5, 0.6) is 0 Å². The molecule has 0 aliphatic rings. The number of aromatic amines is 1. The van der Waals surface area contributed by atoms with Crippen molar-refractivity contribution >= 4 is 11.9 Å². The van der Waals surface area contributed by atoms with Crippen LogP contribution in [0.1, 0.15) is 25.0 Å². The zero-order chi connectivity index (χ0) is 24.0. The average molecular weight is 469 g/mol. The number of ether oxygens (including phenoxy) is 4.